The number of benzene rings is 7. The molecule has 0 amide bonds. The summed E-state index contributed by atoms with van der Waals surface area (Å²) in [5.41, 5.74) is 7.22. The maximum atomic E-state index is 13.4. The number of nitrogens with zero attached hydrogens (tertiary/aromatic N) is 8. The van der Waals surface area contributed by atoms with Gasteiger partial charge in [-0.3, -0.25) is 17.5 Å². The molecule has 352 valence electrons. The molecule has 69 heavy (non-hydrogen) atoms. The lowest BCUT2D eigenvalue weighted by atomic mass is 10.0. The van der Waals surface area contributed by atoms with Crippen LogP contribution in [0, 0.1) is 6.92 Å². The SMILES string of the molecule is COS(=O)(=O)c1ccc2c(ccc3c2n2n(-c4ccc(N=Nc5ccc(C=Cc6ccc(-n7n8c9cc(CS(=O)(=O)O)c%10ccccc%10c9n78)cc6S(=O)(=O)OC)c(CS(=O)(=O)O)c5)c(C)c4)n32)c1. The molecule has 7 aromatic carbocycles. The molecule has 0 saturated heterocycles. The second-order valence-corrected chi connectivity index (χ2v) is 22.6. The van der Waals surface area contributed by atoms with Crippen LogP contribution in [0.2, 0.25) is 0 Å². The van der Waals surface area contributed by atoms with E-state index in [1.807, 2.05) is 51.3 Å². The van der Waals surface area contributed by atoms with Crippen molar-refractivity contribution in [2.75, 3.05) is 14.2 Å². The minimum Gasteiger partial charge on any atom is -0.285 e. The molecule has 0 saturated carbocycles. The Morgan fingerprint density at radius 1 is 0.551 bits per heavy atom. The Balaban J connectivity index is 0.874. The molecule has 0 spiro atoms. The summed E-state index contributed by atoms with van der Waals surface area (Å²) >= 11 is 0. The first kappa shape index (κ1) is 44.4. The average molecular weight is 1010 g/mol. The summed E-state index contributed by atoms with van der Waals surface area (Å²) in [6.45, 7) is 1.87. The van der Waals surface area contributed by atoms with Crippen LogP contribution in [0.5, 0.6) is 0 Å². The highest BCUT2D eigenvalue weighted by Crippen LogP contribution is 2.38. The quantitative estimate of drug-likeness (QED) is 0.0458. The Labute approximate surface area is 392 Å². The van der Waals surface area contributed by atoms with Gasteiger partial charge in [-0.15, -0.1) is 18.5 Å². The van der Waals surface area contributed by atoms with Crippen LogP contribution < -0.4 is 0 Å². The molecule has 11 aromatic rings. The first-order valence-corrected chi connectivity index (χ1v) is 26.7. The molecule has 4 heterocycles. The number of fused-ring (bicyclic) bond motifs is 12. The van der Waals surface area contributed by atoms with Gasteiger partial charge in [-0.25, -0.2) is 0 Å². The molecule has 0 aliphatic carbocycles. The van der Waals surface area contributed by atoms with Gasteiger partial charge in [0, 0.05) is 10.8 Å². The van der Waals surface area contributed by atoms with Crippen molar-refractivity contribution in [1.82, 2.24) is 28.1 Å². The highest BCUT2D eigenvalue weighted by molar-refractivity contribution is 7.87. The summed E-state index contributed by atoms with van der Waals surface area (Å²) in [5, 5.41) is 11.8. The van der Waals surface area contributed by atoms with Gasteiger partial charge in [0.25, 0.3) is 40.5 Å². The molecule has 4 aromatic heterocycles. The minimum absolute atomic E-state index is 0.0643. The van der Waals surface area contributed by atoms with Crippen molar-refractivity contribution in [2.45, 2.75) is 28.2 Å². The van der Waals surface area contributed by atoms with E-state index in [0.717, 1.165) is 58.2 Å². The largest absolute Gasteiger partial charge is 0.297 e. The fourth-order valence-corrected chi connectivity index (χ4v) is 11.6. The van der Waals surface area contributed by atoms with E-state index in [1.165, 1.54) is 30.4 Å². The minimum atomic E-state index is -4.54. The van der Waals surface area contributed by atoms with E-state index >= 15 is 0 Å². The zero-order chi connectivity index (χ0) is 48.5. The Bertz CT molecular complexity index is 4460. The monoisotopic (exact) mass is 1010 g/mol. The van der Waals surface area contributed by atoms with Crippen molar-refractivity contribution in [2.24, 2.45) is 10.2 Å². The van der Waals surface area contributed by atoms with E-state index < -0.39 is 52.0 Å². The van der Waals surface area contributed by atoms with Crippen LogP contribution in [0.15, 0.2) is 135 Å². The standard InChI is InChI=1S/C45H36N8O12S4/c1-27-20-34(48-50-41-19-12-30-22-36(68(60,61)64-2)16-17-38(30)44(41)52(48)50)15-18-40(27)47-46-33-13-10-28(31(21-33)25-66(54,55)56)8-9-29-11-14-35(24-43(29)69(62,63)65-3)49-51-42-23-32(26-67(57,58)59)37-6-4-5-7-39(37)45(42)53(49)51/h4-24H,25-26H2,1-3H3,(H,54,55,56)(H,57,58,59). The van der Waals surface area contributed by atoms with E-state index in [4.69, 9.17) is 4.18 Å². The van der Waals surface area contributed by atoms with E-state index in [0.29, 0.717) is 33.4 Å². The smallest absolute Gasteiger partial charge is 0.285 e. The zero-order valence-corrected chi connectivity index (χ0v) is 39.5. The van der Waals surface area contributed by atoms with Crippen LogP contribution in [0.25, 0.3) is 67.1 Å². The predicted molar refractivity (Wildman–Crippen MR) is 256 cm³/mol. The second kappa shape index (κ2) is 15.4. The molecule has 0 unspecified atom stereocenters. The summed E-state index contributed by atoms with van der Waals surface area (Å²) in [6.07, 6.45) is 2.99. The average Bonchev–Trinajstić information content (AvgIpc) is 4.17. The summed E-state index contributed by atoms with van der Waals surface area (Å²) in [7, 11) is -14.9. The number of azo groups is 1. The van der Waals surface area contributed by atoms with E-state index in [2.05, 4.69) is 14.4 Å². The normalized spacial score (nSPS) is 13.6. The Morgan fingerprint density at radius 2 is 1.17 bits per heavy atom. The highest BCUT2D eigenvalue weighted by atomic mass is 32.2. The number of hydrogen-bond donors (Lipinski definition) is 2. The van der Waals surface area contributed by atoms with Crippen molar-refractivity contribution in [1.29, 1.82) is 0 Å². The third kappa shape index (κ3) is 7.57. The van der Waals surface area contributed by atoms with Crippen LogP contribution in [0.4, 0.5) is 11.4 Å². The lowest BCUT2D eigenvalue weighted by molar-refractivity contribution is 0.396. The van der Waals surface area contributed by atoms with Gasteiger partial charge < -0.3 is 0 Å². The zero-order valence-electron chi connectivity index (χ0n) is 36.2. The van der Waals surface area contributed by atoms with Crippen molar-refractivity contribution < 1.29 is 51.1 Å². The lowest BCUT2D eigenvalue weighted by Gasteiger charge is -2.09. The molecule has 0 bridgehead atoms. The van der Waals surface area contributed by atoms with Crippen LogP contribution in [-0.2, 0) is 60.3 Å². The Kier molecular flexibility index (Phi) is 9.92. The molecule has 0 aliphatic rings. The molecule has 20 nitrogen and oxygen atoms in total. The summed E-state index contributed by atoms with van der Waals surface area (Å²) in [6, 6.07) is 32.3. The van der Waals surface area contributed by atoms with Gasteiger partial charge in [-0.2, -0.15) is 53.5 Å². The fraction of sp³-hybridized carbons (Fsp3) is 0.111. The fourth-order valence-electron chi connectivity index (χ4n) is 8.79. The second-order valence-electron chi connectivity index (χ2n) is 16.3. The van der Waals surface area contributed by atoms with Crippen molar-refractivity contribution in [3.8, 4) is 11.4 Å². The van der Waals surface area contributed by atoms with Crippen molar-refractivity contribution >= 4 is 108 Å². The van der Waals surface area contributed by atoms with Gasteiger partial charge in [0.2, 0.25) is 0 Å². The first-order chi connectivity index (χ1) is 32.7. The maximum Gasteiger partial charge on any atom is 0.297 e. The summed E-state index contributed by atoms with van der Waals surface area (Å²) in [5.74, 6) is -1.37. The van der Waals surface area contributed by atoms with Gasteiger partial charge in [0.15, 0.2) is 0 Å². The van der Waals surface area contributed by atoms with E-state index in [9.17, 15) is 42.8 Å². The third-order valence-electron chi connectivity index (χ3n) is 12.0. The van der Waals surface area contributed by atoms with E-state index in [1.54, 1.807) is 80.8 Å². The van der Waals surface area contributed by atoms with Gasteiger partial charge in [0.1, 0.15) is 38.5 Å². The third-order valence-corrected chi connectivity index (χ3v) is 16.0. The van der Waals surface area contributed by atoms with Gasteiger partial charge in [0.05, 0.1) is 41.9 Å². The highest BCUT2D eigenvalue weighted by Gasteiger charge is 2.30. The van der Waals surface area contributed by atoms with Crippen LogP contribution in [0.3, 0.4) is 0 Å². The summed E-state index contributed by atoms with van der Waals surface area (Å²) in [4.78, 5) is 3.50. The predicted octanol–water partition coefficient (Wildman–Crippen LogP) is 7.80. The van der Waals surface area contributed by atoms with Gasteiger partial charge >= 0.3 is 0 Å². The van der Waals surface area contributed by atoms with Crippen molar-refractivity contribution in [3.63, 3.8) is 0 Å². The summed E-state index contributed by atoms with van der Waals surface area (Å²) < 4.78 is 136. The number of rotatable bonds is 14. The van der Waals surface area contributed by atoms with Gasteiger partial charge in [-0.1, -0.05) is 60.7 Å². The molecular formula is C45H36N8O12S4. The number of hydrogen-bond acceptors (Lipinski definition) is 12. The molecule has 0 radical (unpaired) electrons. The molecule has 24 heteroatoms. The molecule has 0 fully saturated rings. The number of aromatic nitrogens is 6. The van der Waals surface area contributed by atoms with Crippen LogP contribution >= 0.6 is 0 Å². The van der Waals surface area contributed by atoms with Crippen LogP contribution in [-0.4, -0.2) is 85.1 Å². The lowest BCUT2D eigenvalue weighted by Crippen LogP contribution is -2.06. The maximum absolute atomic E-state index is 13.4. The Hall–Kier alpha value is -7.16. The first-order valence-electron chi connectivity index (χ1n) is 20.7. The molecule has 0 atom stereocenters. The van der Waals surface area contributed by atoms with Crippen molar-refractivity contribution in [3.05, 3.63) is 143 Å². The molecule has 0 aliphatic heterocycles. The number of aryl methyl sites for hydroxylation is 1. The van der Waals surface area contributed by atoms with E-state index in [-0.39, 0.29) is 26.6 Å². The topological polar surface area (TPSA) is 248 Å². The van der Waals surface area contributed by atoms with Crippen LogP contribution in [0.1, 0.15) is 27.8 Å². The molecule has 11 rings (SSSR count). The molecular weight excluding hydrogens is 973 g/mol. The molecule has 2 N–H and O–H groups in total. The Morgan fingerprint density at radius 3 is 1.87 bits per heavy atom. The van der Waals surface area contributed by atoms with Gasteiger partial charge in [-0.05, 0) is 112 Å².